The molecule has 0 saturated carbocycles. The van der Waals surface area contributed by atoms with Crippen molar-refractivity contribution in [3.8, 4) is 0 Å². The van der Waals surface area contributed by atoms with Crippen LogP contribution in [0.2, 0.25) is 5.15 Å². The number of anilines is 1. The van der Waals surface area contributed by atoms with Crippen LogP contribution < -0.4 is 5.32 Å². The van der Waals surface area contributed by atoms with E-state index in [4.69, 9.17) is 11.6 Å². The molecule has 0 radical (unpaired) electrons. The fourth-order valence-corrected chi connectivity index (χ4v) is 2.34. The third kappa shape index (κ3) is 2.91. The highest BCUT2D eigenvalue weighted by molar-refractivity contribution is 7.91. The highest BCUT2D eigenvalue weighted by Crippen LogP contribution is 2.24. The number of nitrogens with zero attached hydrogens (tertiary/aromatic N) is 1. The third-order valence-electron chi connectivity index (χ3n) is 2.61. The number of nitrogens with one attached hydrogen (secondary N) is 1. The van der Waals surface area contributed by atoms with Crippen LogP contribution in [0.4, 0.5) is 5.82 Å². The van der Waals surface area contributed by atoms with E-state index in [0.717, 1.165) is 10.8 Å². The number of aromatic nitrogens is 1. The molecule has 0 atom stereocenters. The second-order valence-corrected chi connectivity index (χ2v) is 6.61. The van der Waals surface area contributed by atoms with E-state index in [1.54, 1.807) is 13.0 Å². The molecule has 0 saturated heterocycles. The van der Waals surface area contributed by atoms with Crippen molar-refractivity contribution in [1.82, 2.24) is 4.98 Å². The average Bonchev–Trinajstić information content (AvgIpc) is 2.36. The van der Waals surface area contributed by atoms with Gasteiger partial charge in [0.2, 0.25) is 0 Å². The minimum atomic E-state index is -3.09. The largest absolute Gasteiger partial charge is 0.356 e. The number of benzene rings is 1. The Morgan fingerprint density at radius 2 is 2.06 bits per heavy atom. The van der Waals surface area contributed by atoms with E-state index in [2.05, 4.69) is 10.3 Å². The third-order valence-corrected chi connectivity index (χ3v) is 4.27. The normalized spacial score (nSPS) is 11.7. The number of halogens is 1. The predicted octanol–water partition coefficient (Wildman–Crippen LogP) is 2.69. The van der Waals surface area contributed by atoms with Crippen LogP contribution in [-0.4, -0.2) is 25.0 Å². The standard InChI is InChI=1S/C12H13ClN2O2S/c1-2-18(16,17)8-14-12-10-6-4-3-5-9(10)7-11(13)15-12/h3-7H,2,8H2,1H3,(H,14,15). The minimum Gasteiger partial charge on any atom is -0.356 e. The van der Waals surface area contributed by atoms with E-state index in [0.29, 0.717) is 11.0 Å². The molecule has 1 aromatic heterocycles. The lowest BCUT2D eigenvalue weighted by atomic mass is 10.1. The maximum Gasteiger partial charge on any atom is 0.167 e. The molecule has 0 bridgehead atoms. The minimum absolute atomic E-state index is 0.0957. The van der Waals surface area contributed by atoms with Gasteiger partial charge in [-0.2, -0.15) is 0 Å². The van der Waals surface area contributed by atoms with Gasteiger partial charge in [-0.15, -0.1) is 0 Å². The van der Waals surface area contributed by atoms with Gasteiger partial charge >= 0.3 is 0 Å². The smallest absolute Gasteiger partial charge is 0.167 e. The maximum atomic E-state index is 11.5. The van der Waals surface area contributed by atoms with Crippen LogP contribution in [0.3, 0.4) is 0 Å². The van der Waals surface area contributed by atoms with Gasteiger partial charge in [-0.3, -0.25) is 0 Å². The molecule has 18 heavy (non-hydrogen) atoms. The first-order valence-corrected chi connectivity index (χ1v) is 7.71. The van der Waals surface area contributed by atoms with Crippen molar-refractivity contribution < 1.29 is 8.42 Å². The molecule has 0 aliphatic rings. The zero-order chi connectivity index (χ0) is 13.2. The molecular weight excluding hydrogens is 272 g/mol. The topological polar surface area (TPSA) is 59.1 Å². The summed E-state index contributed by atoms with van der Waals surface area (Å²) in [4.78, 5) is 4.13. The van der Waals surface area contributed by atoms with Gasteiger partial charge in [0.25, 0.3) is 0 Å². The molecule has 0 amide bonds. The molecule has 1 aromatic carbocycles. The molecule has 0 fully saturated rings. The van der Waals surface area contributed by atoms with Crippen molar-refractivity contribution in [2.75, 3.05) is 16.9 Å². The predicted molar refractivity (Wildman–Crippen MR) is 74.7 cm³/mol. The van der Waals surface area contributed by atoms with Crippen LogP contribution in [0.5, 0.6) is 0 Å². The highest BCUT2D eigenvalue weighted by Gasteiger charge is 2.10. The Hall–Kier alpha value is -1.33. The van der Waals surface area contributed by atoms with Crippen molar-refractivity contribution in [1.29, 1.82) is 0 Å². The summed E-state index contributed by atoms with van der Waals surface area (Å²) in [5.41, 5.74) is 0. The molecule has 0 unspecified atom stereocenters. The van der Waals surface area contributed by atoms with Crippen LogP contribution in [0.25, 0.3) is 10.8 Å². The lowest BCUT2D eigenvalue weighted by Crippen LogP contribution is -2.17. The zero-order valence-electron chi connectivity index (χ0n) is 9.85. The summed E-state index contributed by atoms with van der Waals surface area (Å²) in [6.07, 6.45) is 0. The number of pyridine rings is 1. The van der Waals surface area contributed by atoms with Crippen molar-refractivity contribution in [3.05, 3.63) is 35.5 Å². The van der Waals surface area contributed by atoms with Gasteiger partial charge in [0.1, 0.15) is 16.8 Å². The van der Waals surface area contributed by atoms with E-state index in [1.807, 2.05) is 24.3 Å². The quantitative estimate of drug-likeness (QED) is 0.877. The molecule has 6 heteroatoms. The second-order valence-electron chi connectivity index (χ2n) is 3.87. The number of sulfone groups is 1. The van der Waals surface area contributed by atoms with Gasteiger partial charge in [-0.1, -0.05) is 42.8 Å². The van der Waals surface area contributed by atoms with Gasteiger partial charge in [0.05, 0.1) is 0 Å². The summed E-state index contributed by atoms with van der Waals surface area (Å²) in [5.74, 6) is 0.453. The zero-order valence-corrected chi connectivity index (χ0v) is 11.4. The van der Waals surface area contributed by atoms with Gasteiger partial charge in [0.15, 0.2) is 9.84 Å². The fourth-order valence-electron chi connectivity index (χ4n) is 1.58. The maximum absolute atomic E-state index is 11.5. The lowest BCUT2D eigenvalue weighted by molar-refractivity contribution is 0.599. The average molecular weight is 285 g/mol. The number of fused-ring (bicyclic) bond motifs is 1. The number of hydrogen-bond donors (Lipinski definition) is 1. The van der Waals surface area contributed by atoms with Crippen LogP contribution in [0, 0.1) is 0 Å². The van der Waals surface area contributed by atoms with Gasteiger partial charge in [0, 0.05) is 11.1 Å². The van der Waals surface area contributed by atoms with E-state index >= 15 is 0 Å². The summed E-state index contributed by atoms with van der Waals surface area (Å²) in [5, 5.41) is 4.95. The van der Waals surface area contributed by atoms with Crippen molar-refractivity contribution in [2.45, 2.75) is 6.92 Å². The SMILES string of the molecule is CCS(=O)(=O)CNc1nc(Cl)cc2ccccc12. The van der Waals surface area contributed by atoms with Crippen molar-refractivity contribution >= 4 is 38.0 Å². The van der Waals surface area contributed by atoms with Gasteiger partial charge < -0.3 is 5.32 Å². The molecule has 1 heterocycles. The fraction of sp³-hybridized carbons (Fsp3) is 0.250. The van der Waals surface area contributed by atoms with Crippen LogP contribution >= 0.6 is 11.6 Å². The summed E-state index contributed by atoms with van der Waals surface area (Å²) in [6.45, 7) is 1.61. The van der Waals surface area contributed by atoms with Crippen molar-refractivity contribution in [3.63, 3.8) is 0 Å². The molecule has 96 valence electrons. The summed E-state index contributed by atoms with van der Waals surface area (Å²) in [7, 11) is -3.09. The van der Waals surface area contributed by atoms with E-state index in [1.165, 1.54) is 0 Å². The first kappa shape index (κ1) is 13.1. The molecule has 2 rings (SSSR count). The highest BCUT2D eigenvalue weighted by atomic mass is 35.5. The molecule has 0 spiro atoms. The molecule has 4 nitrogen and oxygen atoms in total. The van der Waals surface area contributed by atoms with Crippen LogP contribution in [0.15, 0.2) is 30.3 Å². The Morgan fingerprint density at radius 1 is 1.33 bits per heavy atom. The Bertz CT molecular complexity index is 671. The Labute approximate surface area is 111 Å². The first-order valence-electron chi connectivity index (χ1n) is 5.51. The van der Waals surface area contributed by atoms with Crippen LogP contribution in [0.1, 0.15) is 6.92 Å². The first-order chi connectivity index (χ1) is 8.52. The Balaban J connectivity index is 2.38. The number of hydrogen-bond acceptors (Lipinski definition) is 4. The Kier molecular flexibility index (Phi) is 3.73. The summed E-state index contributed by atoms with van der Waals surface area (Å²) >= 11 is 5.91. The van der Waals surface area contributed by atoms with Crippen LogP contribution in [-0.2, 0) is 9.84 Å². The molecular formula is C12H13ClN2O2S. The van der Waals surface area contributed by atoms with Crippen molar-refractivity contribution in [2.24, 2.45) is 0 Å². The molecule has 0 aliphatic carbocycles. The summed E-state index contributed by atoms with van der Waals surface area (Å²) in [6, 6.07) is 9.29. The van der Waals surface area contributed by atoms with Gasteiger partial charge in [-0.05, 0) is 11.5 Å². The molecule has 0 aliphatic heterocycles. The lowest BCUT2D eigenvalue weighted by Gasteiger charge is -2.09. The Morgan fingerprint density at radius 3 is 2.78 bits per heavy atom. The summed E-state index contributed by atoms with van der Waals surface area (Å²) < 4.78 is 22.9. The van der Waals surface area contributed by atoms with E-state index in [-0.39, 0.29) is 11.6 Å². The molecule has 1 N–H and O–H groups in total. The van der Waals surface area contributed by atoms with E-state index in [9.17, 15) is 8.42 Å². The molecule has 2 aromatic rings. The number of rotatable bonds is 4. The second kappa shape index (κ2) is 5.12. The monoisotopic (exact) mass is 284 g/mol. The van der Waals surface area contributed by atoms with Gasteiger partial charge in [-0.25, -0.2) is 13.4 Å². The van der Waals surface area contributed by atoms with E-state index < -0.39 is 9.84 Å².